The standard InChI is InChI=1S/C17H23Cl2NO2/c1-12-5-2-3-6-15(12)20-17(21)7-4-10-22-16-9-8-13(18)11-14(16)19/h8-9,11-12,15H,2-7,10H2,1H3,(H,20,21)/t12-,15-/m1/s1. The Kier molecular flexibility index (Phi) is 6.84. The van der Waals surface area contributed by atoms with Gasteiger partial charge in [-0.05, 0) is 43.4 Å². The van der Waals surface area contributed by atoms with Crippen LogP contribution >= 0.6 is 23.2 Å². The summed E-state index contributed by atoms with van der Waals surface area (Å²) in [6.07, 6.45) is 5.96. The van der Waals surface area contributed by atoms with Gasteiger partial charge >= 0.3 is 0 Å². The van der Waals surface area contributed by atoms with Gasteiger partial charge in [0.1, 0.15) is 5.75 Å². The third kappa shape index (κ3) is 5.36. The number of halogens is 2. The van der Waals surface area contributed by atoms with Crippen LogP contribution in [0.5, 0.6) is 5.75 Å². The van der Waals surface area contributed by atoms with E-state index >= 15 is 0 Å². The van der Waals surface area contributed by atoms with Crippen molar-refractivity contribution in [2.75, 3.05) is 6.61 Å². The minimum Gasteiger partial charge on any atom is -0.492 e. The van der Waals surface area contributed by atoms with Gasteiger partial charge in [0.05, 0.1) is 11.6 Å². The fourth-order valence-corrected chi connectivity index (χ4v) is 3.28. The molecule has 2 rings (SSSR count). The van der Waals surface area contributed by atoms with E-state index in [0.717, 1.165) is 6.42 Å². The van der Waals surface area contributed by atoms with E-state index in [2.05, 4.69) is 12.2 Å². The molecule has 0 bridgehead atoms. The van der Waals surface area contributed by atoms with Gasteiger partial charge < -0.3 is 10.1 Å². The lowest BCUT2D eigenvalue weighted by Crippen LogP contribution is -2.41. The second-order valence-corrected chi connectivity index (χ2v) is 6.81. The highest BCUT2D eigenvalue weighted by Crippen LogP contribution is 2.27. The first-order valence-corrected chi connectivity index (χ1v) is 8.69. The molecule has 0 aromatic heterocycles. The summed E-state index contributed by atoms with van der Waals surface area (Å²) in [5.41, 5.74) is 0. The number of nitrogens with one attached hydrogen (secondary N) is 1. The third-order valence-corrected chi connectivity index (χ3v) is 4.69. The fraction of sp³-hybridized carbons (Fsp3) is 0.588. The summed E-state index contributed by atoms with van der Waals surface area (Å²) in [7, 11) is 0. The van der Waals surface area contributed by atoms with E-state index in [1.54, 1.807) is 18.2 Å². The van der Waals surface area contributed by atoms with E-state index < -0.39 is 0 Å². The Bertz CT molecular complexity index is 507. The molecule has 0 aliphatic heterocycles. The third-order valence-electron chi connectivity index (χ3n) is 4.16. The van der Waals surface area contributed by atoms with Crippen LogP contribution in [0.25, 0.3) is 0 Å². The molecule has 0 spiro atoms. The fourth-order valence-electron chi connectivity index (χ4n) is 2.82. The van der Waals surface area contributed by atoms with E-state index in [9.17, 15) is 4.79 Å². The van der Waals surface area contributed by atoms with Crippen LogP contribution in [0.3, 0.4) is 0 Å². The first kappa shape index (κ1) is 17.4. The zero-order valence-electron chi connectivity index (χ0n) is 12.9. The summed E-state index contributed by atoms with van der Waals surface area (Å²) in [6, 6.07) is 5.47. The van der Waals surface area contributed by atoms with E-state index in [1.165, 1.54) is 19.3 Å². The molecule has 0 saturated heterocycles. The van der Waals surface area contributed by atoms with Gasteiger partial charge in [-0.1, -0.05) is 43.0 Å². The Morgan fingerprint density at radius 2 is 2.09 bits per heavy atom. The van der Waals surface area contributed by atoms with Crippen LogP contribution in [0.4, 0.5) is 0 Å². The highest BCUT2D eigenvalue weighted by atomic mass is 35.5. The molecule has 1 aromatic rings. The van der Waals surface area contributed by atoms with E-state index in [4.69, 9.17) is 27.9 Å². The monoisotopic (exact) mass is 343 g/mol. The number of carbonyl (C=O) groups excluding carboxylic acids is 1. The van der Waals surface area contributed by atoms with Crippen molar-refractivity contribution < 1.29 is 9.53 Å². The average Bonchev–Trinajstić information content (AvgIpc) is 2.48. The zero-order chi connectivity index (χ0) is 15.9. The maximum atomic E-state index is 12.0. The number of amides is 1. The molecule has 1 aliphatic rings. The molecule has 1 aromatic carbocycles. The lowest BCUT2D eigenvalue weighted by Gasteiger charge is -2.29. The molecule has 1 saturated carbocycles. The summed E-state index contributed by atoms with van der Waals surface area (Å²) in [5, 5.41) is 4.22. The first-order chi connectivity index (χ1) is 10.6. The molecule has 0 heterocycles. The van der Waals surface area contributed by atoms with Gasteiger partial charge in [-0.25, -0.2) is 0 Å². The van der Waals surface area contributed by atoms with Crippen LogP contribution in [0, 0.1) is 5.92 Å². The van der Waals surface area contributed by atoms with Crippen molar-refractivity contribution in [2.45, 2.75) is 51.5 Å². The largest absolute Gasteiger partial charge is 0.492 e. The Balaban J connectivity index is 1.66. The molecule has 2 atom stereocenters. The molecule has 0 unspecified atom stereocenters. The van der Waals surface area contributed by atoms with Crippen molar-refractivity contribution in [3.05, 3.63) is 28.2 Å². The highest BCUT2D eigenvalue weighted by Gasteiger charge is 2.22. The maximum Gasteiger partial charge on any atom is 0.220 e. The Labute approximate surface area is 142 Å². The molecule has 1 amide bonds. The summed E-state index contributed by atoms with van der Waals surface area (Å²) in [4.78, 5) is 12.0. The van der Waals surface area contributed by atoms with Crippen molar-refractivity contribution in [1.82, 2.24) is 5.32 Å². The second-order valence-electron chi connectivity index (χ2n) is 5.96. The lowest BCUT2D eigenvalue weighted by atomic mass is 9.86. The molecule has 3 nitrogen and oxygen atoms in total. The molecule has 22 heavy (non-hydrogen) atoms. The number of carbonyl (C=O) groups is 1. The zero-order valence-corrected chi connectivity index (χ0v) is 14.4. The van der Waals surface area contributed by atoms with Crippen LogP contribution in [-0.2, 0) is 4.79 Å². The van der Waals surface area contributed by atoms with Gasteiger partial charge in [0, 0.05) is 17.5 Å². The molecule has 5 heteroatoms. The predicted molar refractivity (Wildman–Crippen MR) is 90.8 cm³/mol. The topological polar surface area (TPSA) is 38.3 Å². The van der Waals surface area contributed by atoms with Crippen LogP contribution in [0.1, 0.15) is 45.4 Å². The van der Waals surface area contributed by atoms with Gasteiger partial charge in [-0.3, -0.25) is 4.79 Å². The van der Waals surface area contributed by atoms with E-state index in [1.807, 2.05) is 0 Å². The number of benzene rings is 1. The van der Waals surface area contributed by atoms with Gasteiger partial charge in [0.2, 0.25) is 5.91 Å². The average molecular weight is 344 g/mol. The van der Waals surface area contributed by atoms with Crippen LogP contribution < -0.4 is 10.1 Å². The lowest BCUT2D eigenvalue weighted by molar-refractivity contribution is -0.122. The van der Waals surface area contributed by atoms with Crippen molar-refractivity contribution in [1.29, 1.82) is 0 Å². The minimum atomic E-state index is 0.115. The van der Waals surface area contributed by atoms with Gasteiger partial charge in [0.25, 0.3) is 0 Å². The normalized spacial score (nSPS) is 21.4. The van der Waals surface area contributed by atoms with Crippen LogP contribution in [-0.4, -0.2) is 18.6 Å². The number of hydrogen-bond acceptors (Lipinski definition) is 2. The quantitative estimate of drug-likeness (QED) is 0.750. The Morgan fingerprint density at radius 3 is 2.82 bits per heavy atom. The van der Waals surface area contributed by atoms with Gasteiger partial charge in [0.15, 0.2) is 0 Å². The smallest absolute Gasteiger partial charge is 0.220 e. The SMILES string of the molecule is C[C@@H]1CCCC[C@H]1NC(=O)CCCOc1ccc(Cl)cc1Cl. The summed E-state index contributed by atoms with van der Waals surface area (Å²) >= 11 is 11.9. The summed E-state index contributed by atoms with van der Waals surface area (Å²) in [6.45, 7) is 2.69. The van der Waals surface area contributed by atoms with E-state index in [-0.39, 0.29) is 5.91 Å². The van der Waals surface area contributed by atoms with Gasteiger partial charge in [-0.2, -0.15) is 0 Å². The van der Waals surface area contributed by atoms with Crippen molar-refractivity contribution >= 4 is 29.1 Å². The molecule has 1 aliphatic carbocycles. The summed E-state index contributed by atoms with van der Waals surface area (Å²) < 4.78 is 5.58. The van der Waals surface area contributed by atoms with Crippen molar-refractivity contribution in [3.63, 3.8) is 0 Å². The molecule has 1 fully saturated rings. The second kappa shape index (κ2) is 8.64. The van der Waals surface area contributed by atoms with Crippen molar-refractivity contribution in [2.24, 2.45) is 5.92 Å². The molecule has 1 N–H and O–H groups in total. The molecule has 122 valence electrons. The number of hydrogen-bond donors (Lipinski definition) is 1. The summed E-state index contributed by atoms with van der Waals surface area (Å²) in [5.74, 6) is 1.30. The maximum absolute atomic E-state index is 12.0. The van der Waals surface area contributed by atoms with Crippen LogP contribution in [0.15, 0.2) is 18.2 Å². The number of rotatable bonds is 6. The predicted octanol–water partition coefficient (Wildman–Crippen LogP) is 4.85. The Morgan fingerprint density at radius 1 is 1.32 bits per heavy atom. The van der Waals surface area contributed by atoms with E-state index in [0.29, 0.717) is 47.2 Å². The highest BCUT2D eigenvalue weighted by molar-refractivity contribution is 6.35. The molecule has 0 radical (unpaired) electrons. The number of ether oxygens (including phenoxy) is 1. The van der Waals surface area contributed by atoms with Crippen LogP contribution in [0.2, 0.25) is 10.0 Å². The van der Waals surface area contributed by atoms with Gasteiger partial charge in [-0.15, -0.1) is 0 Å². The minimum absolute atomic E-state index is 0.115. The molecular weight excluding hydrogens is 321 g/mol. The Hall–Kier alpha value is -0.930. The van der Waals surface area contributed by atoms with Crippen molar-refractivity contribution in [3.8, 4) is 5.75 Å². The first-order valence-electron chi connectivity index (χ1n) is 7.93. The molecular formula is C17H23Cl2NO2.